The Morgan fingerprint density at radius 3 is 2.88 bits per heavy atom. The van der Waals surface area contributed by atoms with Crippen LogP contribution in [0.3, 0.4) is 0 Å². The number of nitrogens with one attached hydrogen (secondary N) is 2. The normalized spacial score (nSPS) is 17.5. The minimum absolute atomic E-state index is 0.368. The molecule has 2 heterocycles. The Morgan fingerprint density at radius 2 is 2.06 bits per heavy atom. The van der Waals surface area contributed by atoms with Gasteiger partial charge >= 0.3 is 0 Å². The number of hydrogen-bond acceptors (Lipinski definition) is 2. The maximum atomic E-state index is 6.03. The molecule has 90 valence electrons. The molecule has 1 aliphatic heterocycles. The summed E-state index contributed by atoms with van der Waals surface area (Å²) in [4.78, 5) is 3.25. The number of hydrogen-bond donors (Lipinski definition) is 2. The molecule has 17 heavy (non-hydrogen) atoms. The van der Waals surface area contributed by atoms with Crippen LogP contribution in [0.15, 0.2) is 24.4 Å². The quantitative estimate of drug-likeness (QED) is 0.832. The molecule has 0 atom stereocenters. The van der Waals surface area contributed by atoms with Crippen molar-refractivity contribution in [2.75, 3.05) is 13.1 Å². The van der Waals surface area contributed by atoms with Gasteiger partial charge in [-0.2, -0.15) is 0 Å². The van der Waals surface area contributed by atoms with E-state index in [-0.39, 0.29) is 0 Å². The van der Waals surface area contributed by atoms with Crippen LogP contribution in [0.1, 0.15) is 18.4 Å². The lowest BCUT2D eigenvalue weighted by Gasteiger charge is -2.23. The van der Waals surface area contributed by atoms with Crippen LogP contribution in [0.4, 0.5) is 0 Å². The van der Waals surface area contributed by atoms with Crippen molar-refractivity contribution in [3.05, 3.63) is 30.0 Å². The van der Waals surface area contributed by atoms with Gasteiger partial charge in [0.05, 0.1) is 0 Å². The van der Waals surface area contributed by atoms with Crippen molar-refractivity contribution in [1.82, 2.24) is 10.3 Å². The molecule has 3 nitrogen and oxygen atoms in total. The van der Waals surface area contributed by atoms with E-state index in [0.717, 1.165) is 31.7 Å². The average Bonchev–Trinajstić information content (AvgIpc) is 2.73. The van der Waals surface area contributed by atoms with Crippen LogP contribution >= 0.6 is 0 Å². The molecule has 1 aliphatic rings. The maximum Gasteiger partial charge on any atom is 0.120 e. The number of aromatic amines is 1. The summed E-state index contributed by atoms with van der Waals surface area (Å²) in [7, 11) is 0. The van der Waals surface area contributed by atoms with Crippen LogP contribution in [0.2, 0.25) is 0 Å². The zero-order valence-electron chi connectivity index (χ0n) is 10.1. The Hall–Kier alpha value is -1.48. The summed E-state index contributed by atoms with van der Waals surface area (Å²) in [5.41, 5.74) is 2.45. The van der Waals surface area contributed by atoms with Crippen LogP contribution in [-0.4, -0.2) is 24.2 Å². The highest BCUT2D eigenvalue weighted by Crippen LogP contribution is 2.24. The second-order valence-corrected chi connectivity index (χ2v) is 4.75. The van der Waals surface area contributed by atoms with Gasteiger partial charge in [-0.3, -0.25) is 0 Å². The molecule has 0 bridgehead atoms. The van der Waals surface area contributed by atoms with Gasteiger partial charge in [-0.15, -0.1) is 0 Å². The smallest absolute Gasteiger partial charge is 0.120 e. The third-order valence-electron chi connectivity index (χ3n) is 3.45. The van der Waals surface area contributed by atoms with Crippen molar-refractivity contribution in [1.29, 1.82) is 0 Å². The molecule has 0 amide bonds. The molecule has 0 unspecified atom stereocenters. The zero-order chi connectivity index (χ0) is 11.7. The molecule has 0 spiro atoms. The van der Waals surface area contributed by atoms with Crippen LogP contribution in [0.5, 0.6) is 5.75 Å². The molecule has 0 radical (unpaired) electrons. The van der Waals surface area contributed by atoms with Gasteiger partial charge in [0.1, 0.15) is 11.9 Å². The molecule has 2 aromatic rings. The number of benzene rings is 1. The third kappa shape index (κ3) is 2.15. The van der Waals surface area contributed by atoms with Crippen molar-refractivity contribution in [2.45, 2.75) is 25.9 Å². The summed E-state index contributed by atoms with van der Waals surface area (Å²) in [6, 6.07) is 6.29. The number of H-pyrrole nitrogens is 1. The van der Waals surface area contributed by atoms with Crippen molar-refractivity contribution in [3.63, 3.8) is 0 Å². The number of fused-ring (bicyclic) bond motifs is 1. The molecule has 3 rings (SSSR count). The first-order valence-corrected chi connectivity index (χ1v) is 6.28. The minimum atomic E-state index is 0.368. The lowest BCUT2D eigenvalue weighted by molar-refractivity contribution is 0.162. The lowest BCUT2D eigenvalue weighted by Crippen LogP contribution is -2.34. The predicted octanol–water partition coefficient (Wildman–Crippen LogP) is 2.61. The second kappa shape index (κ2) is 4.41. The fraction of sp³-hybridized carbons (Fsp3) is 0.429. The summed E-state index contributed by atoms with van der Waals surface area (Å²) in [6.07, 6.45) is 4.61. The van der Waals surface area contributed by atoms with Gasteiger partial charge in [-0.1, -0.05) is 0 Å². The van der Waals surface area contributed by atoms with Crippen LogP contribution in [-0.2, 0) is 0 Å². The zero-order valence-corrected chi connectivity index (χ0v) is 10.1. The van der Waals surface area contributed by atoms with Gasteiger partial charge in [-0.25, -0.2) is 0 Å². The van der Waals surface area contributed by atoms with Gasteiger partial charge in [0.2, 0.25) is 0 Å². The van der Waals surface area contributed by atoms with Crippen LogP contribution in [0, 0.1) is 6.92 Å². The molecule has 2 N–H and O–H groups in total. The molecule has 1 aromatic heterocycles. The highest BCUT2D eigenvalue weighted by atomic mass is 16.5. The highest BCUT2D eigenvalue weighted by Gasteiger charge is 2.14. The van der Waals surface area contributed by atoms with Crippen LogP contribution < -0.4 is 10.1 Å². The molecule has 1 saturated heterocycles. The minimum Gasteiger partial charge on any atom is -0.490 e. The second-order valence-electron chi connectivity index (χ2n) is 4.75. The molecule has 1 fully saturated rings. The van der Waals surface area contributed by atoms with E-state index in [0.29, 0.717) is 6.10 Å². The Balaban J connectivity index is 1.82. The number of rotatable bonds is 2. The van der Waals surface area contributed by atoms with E-state index in [2.05, 4.69) is 35.4 Å². The molecular formula is C14H18N2O. The first kappa shape index (κ1) is 10.7. The third-order valence-corrected chi connectivity index (χ3v) is 3.45. The maximum absolute atomic E-state index is 6.03. The van der Waals surface area contributed by atoms with E-state index in [1.54, 1.807) is 0 Å². The van der Waals surface area contributed by atoms with E-state index >= 15 is 0 Å². The number of ether oxygens (including phenoxy) is 1. The summed E-state index contributed by atoms with van der Waals surface area (Å²) >= 11 is 0. The topological polar surface area (TPSA) is 37.0 Å². The fourth-order valence-electron chi connectivity index (χ4n) is 2.42. The first-order valence-electron chi connectivity index (χ1n) is 6.28. The van der Waals surface area contributed by atoms with E-state index in [1.165, 1.54) is 16.5 Å². The van der Waals surface area contributed by atoms with Gasteiger partial charge in [0, 0.05) is 17.1 Å². The number of aryl methyl sites for hydroxylation is 1. The van der Waals surface area contributed by atoms with Gasteiger partial charge in [0.25, 0.3) is 0 Å². The molecule has 1 aromatic carbocycles. The molecule has 3 heteroatoms. The van der Waals surface area contributed by atoms with E-state index < -0.39 is 0 Å². The van der Waals surface area contributed by atoms with Gasteiger partial charge in [-0.05, 0) is 56.6 Å². The standard InChI is InChI=1S/C14H18N2O/c1-10-9-16-14-3-2-12(8-13(10)14)17-11-4-6-15-7-5-11/h2-3,8-9,11,15-16H,4-7H2,1H3. The number of aromatic nitrogens is 1. The average molecular weight is 230 g/mol. The number of piperidine rings is 1. The Kier molecular flexibility index (Phi) is 2.77. The Morgan fingerprint density at radius 1 is 1.24 bits per heavy atom. The van der Waals surface area contributed by atoms with Crippen molar-refractivity contribution in [2.24, 2.45) is 0 Å². The fourth-order valence-corrected chi connectivity index (χ4v) is 2.42. The lowest BCUT2D eigenvalue weighted by atomic mass is 10.1. The van der Waals surface area contributed by atoms with Crippen molar-refractivity contribution in [3.8, 4) is 5.75 Å². The summed E-state index contributed by atoms with van der Waals surface area (Å²) < 4.78 is 6.03. The van der Waals surface area contributed by atoms with Crippen LogP contribution in [0.25, 0.3) is 10.9 Å². The van der Waals surface area contributed by atoms with Crippen molar-refractivity contribution < 1.29 is 4.74 Å². The van der Waals surface area contributed by atoms with Crippen molar-refractivity contribution >= 4 is 10.9 Å². The van der Waals surface area contributed by atoms with Gasteiger partial charge in [0.15, 0.2) is 0 Å². The summed E-state index contributed by atoms with van der Waals surface area (Å²) in [6.45, 7) is 4.25. The van der Waals surface area contributed by atoms with E-state index in [9.17, 15) is 0 Å². The van der Waals surface area contributed by atoms with E-state index in [4.69, 9.17) is 4.74 Å². The summed E-state index contributed by atoms with van der Waals surface area (Å²) in [5.74, 6) is 0.993. The van der Waals surface area contributed by atoms with E-state index in [1.807, 2.05) is 6.20 Å². The summed E-state index contributed by atoms with van der Waals surface area (Å²) in [5, 5.41) is 4.61. The molecule has 0 aliphatic carbocycles. The predicted molar refractivity (Wildman–Crippen MR) is 69.6 cm³/mol. The molecule has 0 saturated carbocycles. The first-order chi connectivity index (χ1) is 8.33. The largest absolute Gasteiger partial charge is 0.490 e. The monoisotopic (exact) mass is 230 g/mol. The molecular weight excluding hydrogens is 212 g/mol. The SMILES string of the molecule is Cc1c[nH]c2ccc(OC3CCNCC3)cc12. The van der Waals surface area contributed by atoms with Gasteiger partial charge < -0.3 is 15.0 Å². The highest BCUT2D eigenvalue weighted by molar-refractivity contribution is 5.84. The Bertz CT molecular complexity index is 512. The Labute approximate surface area is 101 Å².